The molecule has 5 nitrogen and oxygen atoms in total. The lowest BCUT2D eigenvalue weighted by atomic mass is 9.98. The third-order valence-corrected chi connectivity index (χ3v) is 13.6. The number of thiophene rings is 1. The molecule has 0 saturated carbocycles. The van der Waals surface area contributed by atoms with Crippen LogP contribution in [0, 0.1) is 0 Å². The molecule has 4 heterocycles. The highest BCUT2D eigenvalue weighted by Crippen LogP contribution is 2.41. The molecular formula is C57H35N3O2S. The van der Waals surface area contributed by atoms with Gasteiger partial charge in [-0.05, 0) is 100 Å². The van der Waals surface area contributed by atoms with E-state index < -0.39 is 0 Å². The molecule has 0 bridgehead atoms. The topological polar surface area (TPSA) is 65.0 Å². The van der Waals surface area contributed by atoms with Crippen molar-refractivity contribution in [3.8, 4) is 67.5 Å². The summed E-state index contributed by atoms with van der Waals surface area (Å²) < 4.78 is 15.5. The third-order valence-electron chi connectivity index (χ3n) is 12.4. The quantitative estimate of drug-likeness (QED) is 0.167. The summed E-state index contributed by atoms with van der Waals surface area (Å²) in [5.74, 6) is 2.87. The van der Waals surface area contributed by atoms with Crippen LogP contribution in [-0.2, 0) is 6.42 Å². The van der Waals surface area contributed by atoms with Gasteiger partial charge in [0.1, 0.15) is 22.5 Å². The molecule has 0 unspecified atom stereocenters. The molecule has 0 radical (unpaired) electrons. The largest absolute Gasteiger partial charge is 0.460 e. The van der Waals surface area contributed by atoms with E-state index in [4.69, 9.17) is 23.8 Å². The van der Waals surface area contributed by atoms with Crippen molar-refractivity contribution in [2.75, 3.05) is 0 Å². The van der Waals surface area contributed by atoms with E-state index >= 15 is 0 Å². The molecule has 63 heavy (non-hydrogen) atoms. The molecule has 0 N–H and O–H groups in total. The maximum Gasteiger partial charge on any atom is 0.164 e. The van der Waals surface area contributed by atoms with Crippen molar-refractivity contribution < 1.29 is 8.83 Å². The Bertz CT molecular complexity index is 3800. The Morgan fingerprint density at radius 2 is 1.00 bits per heavy atom. The molecule has 0 fully saturated rings. The molecule has 13 rings (SSSR count). The summed E-state index contributed by atoms with van der Waals surface area (Å²) >= 11 is 1.80. The SMILES string of the molecule is C1=Cc2c(oc3cc(-c4ccc5c(c4)oc4cccc(-c6nc(-c7cccc(-c8ccc(-c9ccccc9)cc8)c7)nc(-c7ccc8sc9ccccc9c8c7)n6)c45)ccc23)CC1. The fourth-order valence-electron chi connectivity index (χ4n) is 9.27. The molecule has 4 aromatic heterocycles. The molecule has 0 amide bonds. The van der Waals surface area contributed by atoms with Crippen LogP contribution in [-0.4, -0.2) is 15.0 Å². The second-order valence-corrected chi connectivity index (χ2v) is 17.3. The summed E-state index contributed by atoms with van der Waals surface area (Å²) in [7, 11) is 0. The number of furan rings is 2. The zero-order valence-corrected chi connectivity index (χ0v) is 34.7. The van der Waals surface area contributed by atoms with Gasteiger partial charge in [0, 0.05) is 65.0 Å². The van der Waals surface area contributed by atoms with Gasteiger partial charge in [-0.25, -0.2) is 15.0 Å². The van der Waals surface area contributed by atoms with Crippen molar-refractivity contribution >= 4 is 70.5 Å². The van der Waals surface area contributed by atoms with Crippen LogP contribution >= 0.6 is 11.3 Å². The van der Waals surface area contributed by atoms with Gasteiger partial charge in [-0.15, -0.1) is 11.3 Å². The van der Waals surface area contributed by atoms with Gasteiger partial charge in [0.05, 0.1) is 0 Å². The van der Waals surface area contributed by atoms with Crippen LogP contribution < -0.4 is 0 Å². The highest BCUT2D eigenvalue weighted by molar-refractivity contribution is 7.25. The fraction of sp³-hybridized carbons (Fsp3) is 0.0351. The monoisotopic (exact) mass is 825 g/mol. The van der Waals surface area contributed by atoms with E-state index in [1.54, 1.807) is 11.3 Å². The van der Waals surface area contributed by atoms with Gasteiger partial charge >= 0.3 is 0 Å². The molecule has 1 aliphatic carbocycles. The fourth-order valence-corrected chi connectivity index (χ4v) is 10.4. The summed E-state index contributed by atoms with van der Waals surface area (Å²) in [5.41, 5.74) is 13.1. The molecule has 296 valence electrons. The first kappa shape index (κ1) is 35.8. The number of hydrogen-bond donors (Lipinski definition) is 0. The van der Waals surface area contributed by atoms with Crippen LogP contribution in [0.5, 0.6) is 0 Å². The van der Waals surface area contributed by atoms with Gasteiger partial charge in [0.25, 0.3) is 0 Å². The van der Waals surface area contributed by atoms with Gasteiger partial charge in [-0.2, -0.15) is 0 Å². The van der Waals surface area contributed by atoms with Crippen molar-refractivity contribution in [2.45, 2.75) is 12.8 Å². The second-order valence-electron chi connectivity index (χ2n) is 16.2. The number of rotatable bonds is 6. The average Bonchev–Trinajstić information content (AvgIpc) is 4.05. The maximum atomic E-state index is 6.64. The Labute approximate surface area is 366 Å². The van der Waals surface area contributed by atoms with Gasteiger partial charge in [-0.1, -0.05) is 127 Å². The van der Waals surface area contributed by atoms with Gasteiger partial charge in [0.2, 0.25) is 0 Å². The lowest BCUT2D eigenvalue weighted by Crippen LogP contribution is -2.00. The predicted molar refractivity (Wildman–Crippen MR) is 260 cm³/mol. The standard InChI is InChI=1S/C57H35N3O2S/c1-2-10-34(11-3-1)35-20-22-36(23-21-35)37-12-8-13-40(30-37)55-58-56(41-26-29-53-47(31-41)44-15-5-7-19-52(44)63-53)60-57(59-55)46-16-9-18-49-54(46)45-28-25-39(33-51(45)62-49)38-24-27-43-42-14-4-6-17-48(42)61-50(43)32-38/h1-5,7-16,18-33H,6,17H2. The number of aromatic nitrogens is 3. The van der Waals surface area contributed by atoms with E-state index in [1.165, 1.54) is 36.9 Å². The Morgan fingerprint density at radius 3 is 1.84 bits per heavy atom. The molecule has 6 heteroatoms. The van der Waals surface area contributed by atoms with Crippen molar-refractivity contribution in [3.05, 3.63) is 193 Å². The number of hydrogen-bond acceptors (Lipinski definition) is 6. The first-order valence-corrected chi connectivity index (χ1v) is 22.1. The normalized spacial score (nSPS) is 12.6. The summed E-state index contributed by atoms with van der Waals surface area (Å²) in [4.78, 5) is 15.8. The van der Waals surface area contributed by atoms with Gasteiger partial charge < -0.3 is 8.83 Å². The first-order chi connectivity index (χ1) is 31.2. The first-order valence-electron chi connectivity index (χ1n) is 21.3. The van der Waals surface area contributed by atoms with Crippen molar-refractivity contribution in [1.82, 2.24) is 15.0 Å². The van der Waals surface area contributed by atoms with Crippen LogP contribution in [0.25, 0.3) is 127 Å². The molecule has 0 saturated heterocycles. The number of nitrogens with zero attached hydrogens (tertiary/aromatic N) is 3. The Kier molecular flexibility index (Phi) is 8.14. The summed E-state index contributed by atoms with van der Waals surface area (Å²) in [6, 6.07) is 61.9. The van der Waals surface area contributed by atoms with Crippen LogP contribution in [0.2, 0.25) is 0 Å². The molecular weight excluding hydrogens is 791 g/mol. The second kappa shape index (κ2) is 14.3. The minimum Gasteiger partial charge on any atom is -0.460 e. The minimum atomic E-state index is 0.585. The zero-order chi connectivity index (χ0) is 41.4. The number of allylic oxidation sites excluding steroid dienone is 1. The molecule has 1 aliphatic rings. The predicted octanol–water partition coefficient (Wildman–Crippen LogP) is 15.8. The highest BCUT2D eigenvalue weighted by Gasteiger charge is 2.20. The van der Waals surface area contributed by atoms with Gasteiger partial charge in [0.15, 0.2) is 17.5 Å². The van der Waals surface area contributed by atoms with E-state index in [0.717, 1.165) is 90.5 Å². The number of fused-ring (bicyclic) bond motifs is 9. The minimum absolute atomic E-state index is 0.585. The smallest absolute Gasteiger partial charge is 0.164 e. The molecule has 0 atom stereocenters. The summed E-state index contributed by atoms with van der Waals surface area (Å²) in [6.07, 6.45) is 6.36. The van der Waals surface area contributed by atoms with E-state index in [9.17, 15) is 0 Å². The lowest BCUT2D eigenvalue weighted by Gasteiger charge is -2.11. The van der Waals surface area contributed by atoms with Crippen LogP contribution in [0.1, 0.15) is 17.7 Å². The molecule has 0 aliphatic heterocycles. The summed E-state index contributed by atoms with van der Waals surface area (Å²) in [6.45, 7) is 0. The van der Waals surface area contributed by atoms with E-state index in [-0.39, 0.29) is 0 Å². The Morgan fingerprint density at radius 1 is 0.397 bits per heavy atom. The van der Waals surface area contributed by atoms with E-state index in [0.29, 0.717) is 17.5 Å². The van der Waals surface area contributed by atoms with Crippen molar-refractivity contribution in [3.63, 3.8) is 0 Å². The van der Waals surface area contributed by atoms with Crippen molar-refractivity contribution in [1.29, 1.82) is 0 Å². The molecule has 0 spiro atoms. The number of benzene rings is 8. The van der Waals surface area contributed by atoms with E-state index in [1.807, 2.05) is 18.2 Å². The Balaban J connectivity index is 0.946. The van der Waals surface area contributed by atoms with E-state index in [2.05, 4.69) is 170 Å². The lowest BCUT2D eigenvalue weighted by molar-refractivity contribution is 0.546. The van der Waals surface area contributed by atoms with Crippen LogP contribution in [0.15, 0.2) is 191 Å². The van der Waals surface area contributed by atoms with Gasteiger partial charge in [-0.3, -0.25) is 0 Å². The molecule has 8 aromatic carbocycles. The molecule has 12 aromatic rings. The Hall–Kier alpha value is -7.93. The van der Waals surface area contributed by atoms with Crippen molar-refractivity contribution in [2.24, 2.45) is 0 Å². The summed E-state index contributed by atoms with van der Waals surface area (Å²) in [5, 5.41) is 5.55. The number of aryl methyl sites for hydroxylation is 1. The van der Waals surface area contributed by atoms with Crippen LogP contribution in [0.3, 0.4) is 0 Å². The average molecular weight is 826 g/mol. The van der Waals surface area contributed by atoms with Crippen LogP contribution in [0.4, 0.5) is 0 Å². The highest BCUT2D eigenvalue weighted by atomic mass is 32.1. The zero-order valence-electron chi connectivity index (χ0n) is 33.9. The third kappa shape index (κ3) is 6.10. The maximum absolute atomic E-state index is 6.64.